The summed E-state index contributed by atoms with van der Waals surface area (Å²) in [6.45, 7) is 0.553. The zero-order valence-electron chi connectivity index (χ0n) is 12.1. The summed E-state index contributed by atoms with van der Waals surface area (Å²) in [6.07, 6.45) is 3.80. The molecule has 1 fully saturated rings. The van der Waals surface area contributed by atoms with Gasteiger partial charge in [0.2, 0.25) is 0 Å². The smallest absolute Gasteiger partial charge is 0.340 e. The fourth-order valence-electron chi connectivity index (χ4n) is 2.79. The Kier molecular flexibility index (Phi) is 4.18. The van der Waals surface area contributed by atoms with Gasteiger partial charge in [-0.15, -0.1) is 0 Å². The molecule has 1 aromatic carbocycles. The fraction of sp³-hybridized carbons (Fsp3) is 0.533. The topological polar surface area (TPSA) is 75.8 Å². The first-order valence-corrected chi connectivity index (χ1v) is 6.86. The van der Waals surface area contributed by atoms with E-state index in [2.05, 4.69) is 0 Å². The first kappa shape index (κ1) is 14.7. The van der Waals surface area contributed by atoms with Gasteiger partial charge in [0.05, 0.1) is 18.3 Å². The average Bonchev–Trinajstić information content (AvgIpc) is 2.84. The van der Waals surface area contributed by atoms with Crippen LogP contribution in [0.25, 0.3) is 0 Å². The van der Waals surface area contributed by atoms with Crippen LogP contribution in [0.5, 0.6) is 0 Å². The molecule has 0 aliphatic heterocycles. The highest BCUT2D eigenvalue weighted by Gasteiger charge is 2.32. The van der Waals surface area contributed by atoms with Crippen molar-refractivity contribution in [3.8, 4) is 0 Å². The molecule has 20 heavy (non-hydrogen) atoms. The minimum atomic E-state index is -0.623. The number of methoxy groups -OCH3 is 1. The molecular weight excluding hydrogens is 256 g/mol. The zero-order chi connectivity index (χ0) is 14.8. The molecule has 0 radical (unpaired) electrons. The van der Waals surface area contributed by atoms with E-state index in [1.807, 2.05) is 18.0 Å². The standard InChI is InChI=1S/C15H22N2O3/c1-17(10-15(19)7-3-4-8-15)11-5-6-13(16)12(9-11)14(18)20-2/h5-6,9,19H,3-4,7-8,10,16H2,1-2H3. The molecule has 5 nitrogen and oxygen atoms in total. The van der Waals surface area contributed by atoms with Crippen molar-refractivity contribution in [2.45, 2.75) is 31.3 Å². The van der Waals surface area contributed by atoms with Crippen LogP contribution in [0.2, 0.25) is 0 Å². The van der Waals surface area contributed by atoms with Crippen LogP contribution in [0.4, 0.5) is 11.4 Å². The molecule has 1 aliphatic carbocycles. The number of rotatable bonds is 4. The lowest BCUT2D eigenvalue weighted by Gasteiger charge is -2.30. The van der Waals surface area contributed by atoms with Crippen LogP contribution in [-0.4, -0.2) is 37.4 Å². The number of hydrogen-bond acceptors (Lipinski definition) is 5. The molecular formula is C15H22N2O3. The Hall–Kier alpha value is -1.75. The summed E-state index contributed by atoms with van der Waals surface area (Å²) in [5.41, 5.74) is 6.76. The molecule has 5 heteroatoms. The van der Waals surface area contributed by atoms with E-state index in [0.29, 0.717) is 17.8 Å². The highest BCUT2D eigenvalue weighted by molar-refractivity contribution is 5.96. The van der Waals surface area contributed by atoms with Gasteiger partial charge in [-0.1, -0.05) is 12.8 Å². The van der Waals surface area contributed by atoms with Crippen molar-refractivity contribution in [3.63, 3.8) is 0 Å². The monoisotopic (exact) mass is 278 g/mol. The molecule has 1 aliphatic rings. The molecule has 110 valence electrons. The fourth-order valence-corrected chi connectivity index (χ4v) is 2.79. The van der Waals surface area contributed by atoms with E-state index in [-0.39, 0.29) is 0 Å². The first-order valence-electron chi connectivity index (χ1n) is 6.86. The van der Waals surface area contributed by atoms with Crippen LogP contribution in [0, 0.1) is 0 Å². The van der Waals surface area contributed by atoms with E-state index in [1.54, 1.807) is 12.1 Å². The summed E-state index contributed by atoms with van der Waals surface area (Å²) in [5.74, 6) is -0.447. The van der Waals surface area contributed by atoms with E-state index in [4.69, 9.17) is 10.5 Å². The van der Waals surface area contributed by atoms with Crippen LogP contribution in [0.3, 0.4) is 0 Å². The molecule has 0 spiro atoms. The zero-order valence-corrected chi connectivity index (χ0v) is 12.1. The largest absolute Gasteiger partial charge is 0.465 e. The Labute approximate surface area is 119 Å². The Morgan fingerprint density at radius 3 is 2.70 bits per heavy atom. The normalized spacial score (nSPS) is 16.9. The van der Waals surface area contributed by atoms with E-state index < -0.39 is 11.6 Å². The number of nitrogens with zero attached hydrogens (tertiary/aromatic N) is 1. The SMILES string of the molecule is COC(=O)c1cc(N(C)CC2(O)CCCC2)ccc1N. The third kappa shape index (κ3) is 3.04. The maximum atomic E-state index is 11.6. The van der Waals surface area contributed by atoms with Crippen molar-refractivity contribution in [2.24, 2.45) is 0 Å². The van der Waals surface area contributed by atoms with Crippen molar-refractivity contribution in [1.29, 1.82) is 0 Å². The molecule has 2 rings (SSSR count). The second-order valence-corrected chi connectivity index (χ2v) is 5.55. The highest BCUT2D eigenvalue weighted by atomic mass is 16.5. The van der Waals surface area contributed by atoms with Gasteiger partial charge < -0.3 is 20.5 Å². The lowest BCUT2D eigenvalue weighted by Crippen LogP contribution is -2.39. The van der Waals surface area contributed by atoms with E-state index in [9.17, 15) is 9.90 Å². The van der Waals surface area contributed by atoms with Gasteiger partial charge in [0.1, 0.15) is 0 Å². The van der Waals surface area contributed by atoms with Crippen molar-refractivity contribution >= 4 is 17.3 Å². The van der Waals surface area contributed by atoms with E-state index in [0.717, 1.165) is 31.4 Å². The molecule has 1 saturated carbocycles. The third-order valence-electron chi connectivity index (χ3n) is 3.95. The number of nitrogens with two attached hydrogens (primary N) is 1. The van der Waals surface area contributed by atoms with Gasteiger partial charge in [-0.25, -0.2) is 4.79 Å². The second-order valence-electron chi connectivity index (χ2n) is 5.55. The van der Waals surface area contributed by atoms with Crippen molar-refractivity contribution < 1.29 is 14.6 Å². The van der Waals surface area contributed by atoms with Gasteiger partial charge >= 0.3 is 5.97 Å². The Morgan fingerprint density at radius 2 is 2.10 bits per heavy atom. The number of anilines is 2. The number of benzene rings is 1. The predicted molar refractivity (Wildman–Crippen MR) is 78.9 cm³/mol. The molecule has 0 bridgehead atoms. The summed E-state index contributed by atoms with van der Waals surface area (Å²) in [4.78, 5) is 13.6. The van der Waals surface area contributed by atoms with Crippen molar-refractivity contribution in [1.82, 2.24) is 0 Å². The van der Waals surface area contributed by atoms with Crippen LogP contribution in [0.1, 0.15) is 36.0 Å². The number of carbonyl (C=O) groups excluding carboxylic acids is 1. The number of carbonyl (C=O) groups is 1. The lowest BCUT2D eigenvalue weighted by molar-refractivity contribution is 0.0559. The summed E-state index contributed by atoms with van der Waals surface area (Å²) in [6, 6.07) is 5.25. The molecule has 3 N–H and O–H groups in total. The molecule has 0 aromatic heterocycles. The number of aliphatic hydroxyl groups is 1. The number of esters is 1. The van der Waals surface area contributed by atoms with Gasteiger partial charge in [0.25, 0.3) is 0 Å². The number of likely N-dealkylation sites (N-methyl/N-ethyl adjacent to an activating group) is 1. The Bertz CT molecular complexity index is 496. The average molecular weight is 278 g/mol. The van der Waals surface area contributed by atoms with Crippen LogP contribution >= 0.6 is 0 Å². The van der Waals surface area contributed by atoms with Gasteiger partial charge in [-0.3, -0.25) is 0 Å². The summed E-state index contributed by atoms with van der Waals surface area (Å²) < 4.78 is 4.72. The van der Waals surface area contributed by atoms with Crippen LogP contribution in [-0.2, 0) is 4.74 Å². The Morgan fingerprint density at radius 1 is 1.45 bits per heavy atom. The minimum absolute atomic E-state index is 0.357. The summed E-state index contributed by atoms with van der Waals surface area (Å²) in [7, 11) is 3.24. The summed E-state index contributed by atoms with van der Waals surface area (Å²) in [5, 5.41) is 10.4. The quantitative estimate of drug-likeness (QED) is 0.649. The first-order chi connectivity index (χ1) is 9.45. The number of hydrogen-bond donors (Lipinski definition) is 2. The maximum absolute atomic E-state index is 11.6. The summed E-state index contributed by atoms with van der Waals surface area (Å²) >= 11 is 0. The van der Waals surface area contributed by atoms with Gasteiger partial charge in [0.15, 0.2) is 0 Å². The van der Waals surface area contributed by atoms with Crippen molar-refractivity contribution in [3.05, 3.63) is 23.8 Å². The minimum Gasteiger partial charge on any atom is -0.465 e. The molecule has 0 heterocycles. The van der Waals surface area contributed by atoms with Crippen LogP contribution < -0.4 is 10.6 Å². The molecule has 0 saturated heterocycles. The number of ether oxygens (including phenoxy) is 1. The second kappa shape index (κ2) is 5.71. The number of nitrogen functional groups attached to an aromatic ring is 1. The molecule has 0 amide bonds. The highest BCUT2D eigenvalue weighted by Crippen LogP contribution is 2.31. The van der Waals surface area contributed by atoms with E-state index in [1.165, 1.54) is 7.11 Å². The lowest BCUT2D eigenvalue weighted by atomic mass is 10.0. The predicted octanol–water partition coefficient (Wildman–Crippen LogP) is 1.80. The third-order valence-corrected chi connectivity index (χ3v) is 3.95. The molecule has 0 unspecified atom stereocenters. The van der Waals surface area contributed by atoms with Gasteiger partial charge in [-0.2, -0.15) is 0 Å². The maximum Gasteiger partial charge on any atom is 0.340 e. The van der Waals surface area contributed by atoms with Gasteiger partial charge in [-0.05, 0) is 31.0 Å². The van der Waals surface area contributed by atoms with E-state index >= 15 is 0 Å². The molecule has 1 aromatic rings. The van der Waals surface area contributed by atoms with Crippen molar-refractivity contribution in [2.75, 3.05) is 31.3 Å². The van der Waals surface area contributed by atoms with Crippen LogP contribution in [0.15, 0.2) is 18.2 Å². The van der Waals surface area contributed by atoms with Gasteiger partial charge in [0, 0.05) is 25.0 Å². The Balaban J connectivity index is 2.17. The molecule has 0 atom stereocenters.